The molecule has 0 spiro atoms. The quantitative estimate of drug-likeness (QED) is 0.682. The topological polar surface area (TPSA) is 79.4 Å². The highest BCUT2D eigenvalue weighted by atomic mass is 16.5. The van der Waals surface area contributed by atoms with Gasteiger partial charge in [-0.1, -0.05) is 6.92 Å². The number of hydrogen-bond acceptors (Lipinski definition) is 6. The summed E-state index contributed by atoms with van der Waals surface area (Å²) in [6.07, 6.45) is 6.34. The molecule has 28 heavy (non-hydrogen) atoms. The molecule has 0 radical (unpaired) electrons. The van der Waals surface area contributed by atoms with Crippen molar-refractivity contribution in [1.29, 1.82) is 0 Å². The van der Waals surface area contributed by atoms with Gasteiger partial charge in [-0.2, -0.15) is 0 Å². The summed E-state index contributed by atoms with van der Waals surface area (Å²) in [6.45, 7) is 5.74. The van der Waals surface area contributed by atoms with Gasteiger partial charge < -0.3 is 20.3 Å². The van der Waals surface area contributed by atoms with Crippen LogP contribution in [-0.4, -0.2) is 49.2 Å². The summed E-state index contributed by atoms with van der Waals surface area (Å²) in [5.41, 5.74) is 2.61. The van der Waals surface area contributed by atoms with Crippen LogP contribution in [0.15, 0.2) is 36.7 Å². The van der Waals surface area contributed by atoms with Gasteiger partial charge in [0.1, 0.15) is 0 Å². The first-order chi connectivity index (χ1) is 13.7. The maximum absolute atomic E-state index is 12.0. The van der Waals surface area contributed by atoms with Gasteiger partial charge in [0.25, 0.3) is 5.91 Å². The van der Waals surface area contributed by atoms with Gasteiger partial charge >= 0.3 is 0 Å². The summed E-state index contributed by atoms with van der Waals surface area (Å²) in [5.74, 6) is 1.11. The fraction of sp³-hybridized carbons (Fsp3) is 0.476. The number of amides is 1. The lowest BCUT2D eigenvalue weighted by Gasteiger charge is -2.32. The highest BCUT2D eigenvalue weighted by molar-refractivity contribution is 5.93. The van der Waals surface area contributed by atoms with Gasteiger partial charge in [0.15, 0.2) is 0 Å². The molecule has 1 fully saturated rings. The van der Waals surface area contributed by atoms with Crippen molar-refractivity contribution < 1.29 is 9.53 Å². The van der Waals surface area contributed by atoms with E-state index in [4.69, 9.17) is 4.74 Å². The molecule has 7 nitrogen and oxygen atoms in total. The van der Waals surface area contributed by atoms with E-state index >= 15 is 0 Å². The summed E-state index contributed by atoms with van der Waals surface area (Å²) >= 11 is 0. The van der Waals surface area contributed by atoms with E-state index < -0.39 is 0 Å². The number of carbonyl (C=O) groups is 1. The number of methoxy groups -OCH3 is 1. The minimum Gasteiger partial charge on any atom is -0.385 e. The number of aromatic nitrogens is 2. The van der Waals surface area contributed by atoms with Crippen molar-refractivity contribution >= 4 is 23.2 Å². The van der Waals surface area contributed by atoms with E-state index in [2.05, 4.69) is 44.6 Å². The number of ether oxygens (including phenoxy) is 1. The molecule has 0 atom stereocenters. The molecule has 7 heteroatoms. The fourth-order valence-electron chi connectivity index (χ4n) is 3.18. The van der Waals surface area contributed by atoms with Gasteiger partial charge in [-0.15, -0.1) is 0 Å². The van der Waals surface area contributed by atoms with E-state index in [-0.39, 0.29) is 5.91 Å². The van der Waals surface area contributed by atoms with E-state index in [1.165, 1.54) is 30.9 Å². The van der Waals surface area contributed by atoms with Gasteiger partial charge in [0, 0.05) is 57.1 Å². The number of nitrogens with one attached hydrogen (secondary N) is 2. The molecule has 1 aromatic carbocycles. The summed E-state index contributed by atoms with van der Waals surface area (Å²) < 4.78 is 4.96. The van der Waals surface area contributed by atoms with Crippen LogP contribution in [-0.2, 0) is 4.74 Å². The minimum atomic E-state index is -0.178. The zero-order chi connectivity index (χ0) is 19.8. The average Bonchev–Trinajstić information content (AvgIpc) is 2.73. The molecule has 1 amide bonds. The molecular formula is C21H29N5O2. The molecule has 1 saturated heterocycles. The lowest BCUT2D eigenvalue weighted by Crippen LogP contribution is -2.32. The minimum absolute atomic E-state index is 0.178. The van der Waals surface area contributed by atoms with Crippen LogP contribution in [0.2, 0.25) is 0 Å². The molecule has 1 aromatic heterocycles. The Morgan fingerprint density at radius 1 is 1.18 bits per heavy atom. The van der Waals surface area contributed by atoms with Gasteiger partial charge in [-0.3, -0.25) is 4.79 Å². The Hall–Kier alpha value is -2.67. The van der Waals surface area contributed by atoms with Gasteiger partial charge in [0.2, 0.25) is 5.95 Å². The first-order valence-corrected chi connectivity index (χ1v) is 9.87. The molecule has 1 aliphatic rings. The second kappa shape index (κ2) is 10.0. The maximum atomic E-state index is 12.0. The first kappa shape index (κ1) is 20.1. The summed E-state index contributed by atoms with van der Waals surface area (Å²) in [6, 6.07) is 8.32. The summed E-state index contributed by atoms with van der Waals surface area (Å²) in [4.78, 5) is 22.9. The highest BCUT2D eigenvalue weighted by Crippen LogP contribution is 2.24. The Kier molecular flexibility index (Phi) is 7.19. The smallest absolute Gasteiger partial charge is 0.254 e. The molecule has 2 aromatic rings. The molecular weight excluding hydrogens is 354 g/mol. The standard InChI is InChI=1S/C21H29N5O2/c1-16-8-11-26(12-9-16)19-6-4-18(5-7-19)25-21-23-14-17(15-24-21)20(27)22-10-3-13-28-2/h4-7,14-16H,3,8-13H2,1-2H3,(H,22,27)(H,23,24,25). The number of carbonyl (C=O) groups excluding carboxylic acids is 1. The second-order valence-corrected chi connectivity index (χ2v) is 7.24. The first-order valence-electron chi connectivity index (χ1n) is 9.87. The zero-order valence-electron chi connectivity index (χ0n) is 16.6. The summed E-state index contributed by atoms with van der Waals surface area (Å²) in [7, 11) is 1.64. The lowest BCUT2D eigenvalue weighted by atomic mass is 9.99. The third kappa shape index (κ3) is 5.66. The third-order valence-electron chi connectivity index (χ3n) is 5.00. The highest BCUT2D eigenvalue weighted by Gasteiger charge is 2.15. The van der Waals surface area contributed by atoms with E-state index in [9.17, 15) is 4.79 Å². The lowest BCUT2D eigenvalue weighted by molar-refractivity contribution is 0.0948. The predicted molar refractivity (Wildman–Crippen MR) is 111 cm³/mol. The van der Waals surface area contributed by atoms with E-state index in [1.807, 2.05) is 12.1 Å². The van der Waals surface area contributed by atoms with E-state index in [0.29, 0.717) is 24.7 Å². The average molecular weight is 383 g/mol. The Labute approximate surface area is 166 Å². The third-order valence-corrected chi connectivity index (χ3v) is 5.00. The van der Waals surface area contributed by atoms with Crippen molar-refractivity contribution in [2.75, 3.05) is 43.6 Å². The van der Waals surface area contributed by atoms with Crippen LogP contribution in [0, 0.1) is 5.92 Å². The molecule has 0 bridgehead atoms. The van der Waals surface area contributed by atoms with Crippen LogP contribution >= 0.6 is 0 Å². The maximum Gasteiger partial charge on any atom is 0.254 e. The molecule has 2 N–H and O–H groups in total. The van der Waals surface area contributed by atoms with Crippen LogP contribution < -0.4 is 15.5 Å². The monoisotopic (exact) mass is 383 g/mol. The predicted octanol–water partition coefficient (Wildman–Crippen LogP) is 3.22. The van der Waals surface area contributed by atoms with E-state index in [1.54, 1.807) is 7.11 Å². The van der Waals surface area contributed by atoms with E-state index in [0.717, 1.165) is 31.1 Å². The normalized spacial score (nSPS) is 14.7. The second-order valence-electron chi connectivity index (χ2n) is 7.24. The largest absolute Gasteiger partial charge is 0.385 e. The van der Waals surface area contributed by atoms with Crippen molar-refractivity contribution in [2.24, 2.45) is 5.92 Å². The number of anilines is 3. The molecule has 0 unspecified atom stereocenters. The van der Waals surface area contributed by atoms with Crippen LogP contribution in [0.25, 0.3) is 0 Å². The van der Waals surface area contributed by atoms with Crippen LogP contribution in [0.5, 0.6) is 0 Å². The fourth-order valence-corrected chi connectivity index (χ4v) is 3.18. The van der Waals surface area contributed by atoms with Crippen LogP contribution in [0.1, 0.15) is 36.5 Å². The van der Waals surface area contributed by atoms with Crippen LogP contribution in [0.3, 0.4) is 0 Å². The van der Waals surface area contributed by atoms with Crippen LogP contribution in [0.4, 0.5) is 17.3 Å². The zero-order valence-corrected chi connectivity index (χ0v) is 16.6. The van der Waals surface area contributed by atoms with Crippen molar-refractivity contribution in [2.45, 2.75) is 26.2 Å². The Bertz CT molecular complexity index is 740. The molecule has 3 rings (SSSR count). The van der Waals surface area contributed by atoms with Gasteiger partial charge in [0.05, 0.1) is 5.56 Å². The Morgan fingerprint density at radius 3 is 2.50 bits per heavy atom. The van der Waals surface area contributed by atoms with Crippen molar-refractivity contribution in [3.05, 3.63) is 42.2 Å². The number of piperidine rings is 1. The molecule has 0 aliphatic carbocycles. The Morgan fingerprint density at radius 2 is 1.86 bits per heavy atom. The summed E-state index contributed by atoms with van der Waals surface area (Å²) in [5, 5.41) is 6.00. The number of rotatable bonds is 8. The molecule has 0 saturated carbocycles. The van der Waals surface area contributed by atoms with Gasteiger partial charge in [-0.05, 0) is 49.4 Å². The number of benzene rings is 1. The van der Waals surface area contributed by atoms with Crippen molar-refractivity contribution in [3.8, 4) is 0 Å². The molecule has 1 aliphatic heterocycles. The molecule has 2 heterocycles. The molecule has 150 valence electrons. The Balaban J connectivity index is 1.51. The number of nitrogens with zero attached hydrogens (tertiary/aromatic N) is 3. The number of hydrogen-bond donors (Lipinski definition) is 2. The van der Waals surface area contributed by atoms with Crippen molar-refractivity contribution in [3.63, 3.8) is 0 Å². The SMILES string of the molecule is COCCCNC(=O)c1cnc(Nc2ccc(N3CCC(C)CC3)cc2)nc1. The van der Waals surface area contributed by atoms with Gasteiger partial charge in [-0.25, -0.2) is 9.97 Å². The van der Waals surface area contributed by atoms with Crippen molar-refractivity contribution in [1.82, 2.24) is 15.3 Å².